The van der Waals surface area contributed by atoms with Gasteiger partial charge < -0.3 is 10.0 Å². The predicted molar refractivity (Wildman–Crippen MR) is 113 cm³/mol. The predicted octanol–water partition coefficient (Wildman–Crippen LogP) is 2.60. The molecular weight excluding hydrogens is 364 g/mol. The van der Waals surface area contributed by atoms with Crippen LogP contribution in [0.3, 0.4) is 0 Å². The minimum absolute atomic E-state index is 0.0557. The largest absolute Gasteiger partial charge is 0.395 e. The fourth-order valence-electron chi connectivity index (χ4n) is 3.75. The molecule has 4 rings (SSSR count). The van der Waals surface area contributed by atoms with E-state index in [1.54, 1.807) is 0 Å². The number of aromatic nitrogens is 2. The number of carbonyl (C=O) groups is 1. The van der Waals surface area contributed by atoms with E-state index in [2.05, 4.69) is 28.2 Å². The Kier molecular flexibility index (Phi) is 5.74. The van der Waals surface area contributed by atoms with Crippen LogP contribution >= 0.6 is 0 Å². The zero-order valence-corrected chi connectivity index (χ0v) is 16.7. The molecule has 6 nitrogen and oxygen atoms in total. The average molecular weight is 390 g/mol. The number of hydrogen-bond donors (Lipinski definition) is 1. The number of piperazine rings is 1. The van der Waals surface area contributed by atoms with Crippen LogP contribution in [0.1, 0.15) is 16.1 Å². The summed E-state index contributed by atoms with van der Waals surface area (Å²) < 4.78 is 1.92. The second-order valence-electron chi connectivity index (χ2n) is 7.35. The molecule has 1 saturated heterocycles. The highest BCUT2D eigenvalue weighted by Crippen LogP contribution is 2.24. The van der Waals surface area contributed by atoms with Crippen molar-refractivity contribution in [1.29, 1.82) is 0 Å². The van der Waals surface area contributed by atoms with Gasteiger partial charge in [0.05, 0.1) is 23.7 Å². The van der Waals surface area contributed by atoms with Crippen molar-refractivity contribution in [3.05, 3.63) is 71.9 Å². The van der Waals surface area contributed by atoms with E-state index in [9.17, 15) is 4.79 Å². The van der Waals surface area contributed by atoms with E-state index in [1.807, 2.05) is 59.0 Å². The summed E-state index contributed by atoms with van der Waals surface area (Å²) in [4.78, 5) is 16.9. The normalized spacial score (nSPS) is 14.9. The molecule has 0 aliphatic carbocycles. The van der Waals surface area contributed by atoms with E-state index in [0.29, 0.717) is 25.2 Å². The van der Waals surface area contributed by atoms with Crippen molar-refractivity contribution >= 4 is 5.91 Å². The molecule has 2 aromatic carbocycles. The van der Waals surface area contributed by atoms with Gasteiger partial charge in [0.1, 0.15) is 0 Å². The lowest BCUT2D eigenvalue weighted by Gasteiger charge is -2.34. The van der Waals surface area contributed by atoms with Crippen LogP contribution in [0.2, 0.25) is 0 Å². The fraction of sp³-hybridized carbons (Fsp3) is 0.304. The number of nitrogens with zero attached hydrogens (tertiary/aromatic N) is 4. The van der Waals surface area contributed by atoms with E-state index in [0.717, 1.165) is 35.7 Å². The maximum absolute atomic E-state index is 12.8. The molecule has 1 aliphatic heterocycles. The van der Waals surface area contributed by atoms with Crippen LogP contribution in [-0.2, 0) is 0 Å². The molecule has 0 radical (unpaired) electrons. The zero-order chi connectivity index (χ0) is 20.2. The molecule has 0 saturated carbocycles. The van der Waals surface area contributed by atoms with Gasteiger partial charge in [0.25, 0.3) is 5.91 Å². The van der Waals surface area contributed by atoms with Crippen LogP contribution in [0.5, 0.6) is 0 Å². The molecule has 3 aromatic rings. The summed E-state index contributed by atoms with van der Waals surface area (Å²) in [5.41, 5.74) is 4.71. The Morgan fingerprint density at radius 3 is 2.34 bits per heavy atom. The maximum Gasteiger partial charge on any atom is 0.253 e. The highest BCUT2D eigenvalue weighted by Gasteiger charge is 2.22. The van der Waals surface area contributed by atoms with E-state index in [4.69, 9.17) is 5.11 Å². The van der Waals surface area contributed by atoms with Gasteiger partial charge in [0.15, 0.2) is 0 Å². The first-order valence-corrected chi connectivity index (χ1v) is 10.0. The second-order valence-corrected chi connectivity index (χ2v) is 7.35. The van der Waals surface area contributed by atoms with E-state index < -0.39 is 0 Å². The first kappa shape index (κ1) is 19.4. The van der Waals surface area contributed by atoms with Crippen molar-refractivity contribution < 1.29 is 9.90 Å². The summed E-state index contributed by atoms with van der Waals surface area (Å²) in [5.74, 6) is 0.0557. The summed E-state index contributed by atoms with van der Waals surface area (Å²) in [6, 6.07) is 19.9. The van der Waals surface area contributed by atoms with Crippen LogP contribution in [-0.4, -0.2) is 69.9 Å². The zero-order valence-electron chi connectivity index (χ0n) is 16.7. The number of aliphatic hydroxyl groups is 1. The molecule has 1 aliphatic rings. The molecule has 1 aromatic heterocycles. The van der Waals surface area contributed by atoms with Gasteiger partial charge in [-0.05, 0) is 37.3 Å². The van der Waals surface area contributed by atoms with Crippen molar-refractivity contribution in [2.24, 2.45) is 0 Å². The molecule has 150 valence electrons. The van der Waals surface area contributed by atoms with Crippen LogP contribution in [0.15, 0.2) is 60.7 Å². The van der Waals surface area contributed by atoms with E-state index in [1.165, 1.54) is 0 Å². The number of amides is 1. The Hall–Kier alpha value is -2.96. The lowest BCUT2D eigenvalue weighted by molar-refractivity contribution is 0.0615. The third-order valence-corrected chi connectivity index (χ3v) is 5.34. The number of aliphatic hydroxyl groups excluding tert-OH is 1. The highest BCUT2D eigenvalue weighted by molar-refractivity contribution is 5.94. The van der Waals surface area contributed by atoms with Crippen LogP contribution in [0.4, 0.5) is 0 Å². The number of benzene rings is 2. The molecule has 29 heavy (non-hydrogen) atoms. The quantitative estimate of drug-likeness (QED) is 0.728. The van der Waals surface area contributed by atoms with Crippen molar-refractivity contribution in [3.8, 4) is 16.9 Å². The SMILES string of the molecule is Cc1cc(-c2ccccc2)n(-c2ccc(C(=O)N3CCN(CCO)CC3)cc2)n1. The fourth-order valence-corrected chi connectivity index (χ4v) is 3.75. The highest BCUT2D eigenvalue weighted by atomic mass is 16.3. The van der Waals surface area contributed by atoms with Crippen molar-refractivity contribution in [3.63, 3.8) is 0 Å². The van der Waals surface area contributed by atoms with Gasteiger partial charge in [-0.3, -0.25) is 9.69 Å². The number of carbonyl (C=O) groups excluding carboxylic acids is 1. The van der Waals surface area contributed by atoms with Crippen molar-refractivity contribution in [2.75, 3.05) is 39.3 Å². The van der Waals surface area contributed by atoms with Crippen LogP contribution in [0.25, 0.3) is 16.9 Å². The minimum atomic E-state index is 0.0557. The Balaban J connectivity index is 1.51. The van der Waals surface area contributed by atoms with Crippen molar-refractivity contribution in [2.45, 2.75) is 6.92 Å². The minimum Gasteiger partial charge on any atom is -0.395 e. The van der Waals surface area contributed by atoms with Crippen LogP contribution in [0, 0.1) is 6.92 Å². The van der Waals surface area contributed by atoms with Gasteiger partial charge in [0.2, 0.25) is 0 Å². The summed E-state index contributed by atoms with van der Waals surface area (Å²) >= 11 is 0. The standard InChI is InChI=1S/C23H26N4O2/c1-18-17-22(19-5-3-2-4-6-19)27(24-18)21-9-7-20(8-10-21)23(29)26-13-11-25(12-14-26)15-16-28/h2-10,17,28H,11-16H2,1H3. The summed E-state index contributed by atoms with van der Waals surface area (Å²) in [6.45, 7) is 5.80. The van der Waals surface area contributed by atoms with Gasteiger partial charge >= 0.3 is 0 Å². The lowest BCUT2D eigenvalue weighted by Crippen LogP contribution is -2.49. The van der Waals surface area contributed by atoms with Gasteiger partial charge in [-0.25, -0.2) is 4.68 Å². The third kappa shape index (κ3) is 4.23. The second kappa shape index (κ2) is 8.59. The molecule has 2 heterocycles. The first-order chi connectivity index (χ1) is 14.2. The Bertz CT molecular complexity index is 958. The number of rotatable bonds is 5. The van der Waals surface area contributed by atoms with E-state index in [-0.39, 0.29) is 12.5 Å². The van der Waals surface area contributed by atoms with Gasteiger partial charge in [-0.1, -0.05) is 30.3 Å². The molecule has 0 unspecified atom stereocenters. The van der Waals surface area contributed by atoms with Gasteiger partial charge in [-0.2, -0.15) is 5.10 Å². The number of hydrogen-bond acceptors (Lipinski definition) is 4. The molecule has 0 atom stereocenters. The average Bonchev–Trinajstić information content (AvgIpc) is 3.16. The van der Waals surface area contributed by atoms with Crippen molar-refractivity contribution in [1.82, 2.24) is 19.6 Å². The monoisotopic (exact) mass is 390 g/mol. The number of β-amino-alcohol motifs (C(OH)–C–C–N with tert-alkyl or cyclic N) is 1. The van der Waals surface area contributed by atoms with Gasteiger partial charge in [0, 0.05) is 43.9 Å². The first-order valence-electron chi connectivity index (χ1n) is 10.0. The Morgan fingerprint density at radius 1 is 1.00 bits per heavy atom. The van der Waals surface area contributed by atoms with Gasteiger partial charge in [-0.15, -0.1) is 0 Å². The molecule has 1 N–H and O–H groups in total. The summed E-state index contributed by atoms with van der Waals surface area (Å²) in [5, 5.41) is 13.7. The van der Waals surface area contributed by atoms with E-state index >= 15 is 0 Å². The smallest absolute Gasteiger partial charge is 0.253 e. The summed E-state index contributed by atoms with van der Waals surface area (Å²) in [7, 11) is 0. The molecule has 0 spiro atoms. The maximum atomic E-state index is 12.8. The molecule has 1 fully saturated rings. The number of aryl methyl sites for hydroxylation is 1. The third-order valence-electron chi connectivity index (χ3n) is 5.34. The summed E-state index contributed by atoms with van der Waals surface area (Å²) in [6.07, 6.45) is 0. The lowest BCUT2D eigenvalue weighted by atomic mass is 10.1. The Morgan fingerprint density at radius 2 is 1.69 bits per heavy atom. The molecule has 6 heteroatoms. The Labute approximate surface area is 171 Å². The topological polar surface area (TPSA) is 61.6 Å². The molecular formula is C23H26N4O2. The molecule has 0 bridgehead atoms. The molecule has 1 amide bonds. The van der Waals surface area contributed by atoms with Crippen LogP contribution < -0.4 is 0 Å².